The van der Waals surface area contributed by atoms with Crippen LogP contribution in [0.3, 0.4) is 0 Å². The van der Waals surface area contributed by atoms with Gasteiger partial charge in [-0.05, 0) is 60.0 Å². The highest BCUT2D eigenvalue weighted by Crippen LogP contribution is 2.62. The highest BCUT2D eigenvalue weighted by atomic mass is 32.1. The lowest BCUT2D eigenvalue weighted by molar-refractivity contribution is 0.632. The largest absolute Gasteiger partial charge is 0.148 e. The molecule has 2 aliphatic carbocycles. The SMILES string of the molecule is CC/C=C\C=C/C/C(S)=C/C1(C2=CC(C)CC=C2)CC1Cc1ccccc1. The van der Waals surface area contributed by atoms with Crippen molar-refractivity contribution >= 4 is 12.6 Å². The molecule has 27 heavy (non-hydrogen) atoms. The van der Waals surface area contributed by atoms with E-state index in [0.717, 1.165) is 25.7 Å². The molecule has 0 heterocycles. The molecule has 1 heteroatoms. The van der Waals surface area contributed by atoms with Crippen molar-refractivity contribution in [3.05, 3.63) is 95.0 Å². The average molecular weight is 377 g/mol. The molecule has 3 rings (SSSR count). The fourth-order valence-corrected chi connectivity index (χ4v) is 4.44. The smallest absolute Gasteiger partial charge is 0.0174 e. The van der Waals surface area contributed by atoms with Crippen molar-refractivity contribution in [2.45, 2.75) is 46.0 Å². The molecule has 0 saturated heterocycles. The zero-order valence-electron chi connectivity index (χ0n) is 16.6. The van der Waals surface area contributed by atoms with E-state index in [1.807, 2.05) is 0 Å². The molecule has 1 fully saturated rings. The molecule has 1 saturated carbocycles. The Morgan fingerprint density at radius 3 is 2.70 bits per heavy atom. The Bertz CT molecular complexity index is 763. The molecule has 0 nitrogen and oxygen atoms in total. The predicted molar refractivity (Wildman–Crippen MR) is 122 cm³/mol. The molecule has 0 radical (unpaired) electrons. The Labute approximate surface area is 170 Å². The van der Waals surface area contributed by atoms with Crippen LogP contribution in [0.15, 0.2) is 89.4 Å². The summed E-state index contributed by atoms with van der Waals surface area (Å²) in [6.45, 7) is 4.48. The molecular weight excluding hydrogens is 344 g/mol. The van der Waals surface area contributed by atoms with Crippen LogP contribution in [-0.2, 0) is 6.42 Å². The summed E-state index contributed by atoms with van der Waals surface area (Å²) in [5, 5.41) is 0. The summed E-state index contributed by atoms with van der Waals surface area (Å²) in [6, 6.07) is 10.9. The van der Waals surface area contributed by atoms with Crippen LogP contribution in [0.1, 0.15) is 45.1 Å². The average Bonchev–Trinajstić information content (AvgIpc) is 3.35. The molecule has 3 unspecified atom stereocenters. The molecule has 0 N–H and O–H groups in total. The lowest BCUT2D eigenvalue weighted by Crippen LogP contribution is -2.10. The number of hydrogen-bond acceptors (Lipinski definition) is 1. The van der Waals surface area contributed by atoms with Crippen molar-refractivity contribution < 1.29 is 0 Å². The maximum atomic E-state index is 4.83. The van der Waals surface area contributed by atoms with Crippen LogP contribution in [0.2, 0.25) is 0 Å². The van der Waals surface area contributed by atoms with Crippen LogP contribution in [0.5, 0.6) is 0 Å². The molecule has 0 aliphatic heterocycles. The van der Waals surface area contributed by atoms with Crippen molar-refractivity contribution in [1.82, 2.24) is 0 Å². The van der Waals surface area contributed by atoms with Gasteiger partial charge in [0.1, 0.15) is 0 Å². The quantitative estimate of drug-likeness (QED) is 0.353. The van der Waals surface area contributed by atoms with E-state index >= 15 is 0 Å². The number of hydrogen-bond donors (Lipinski definition) is 1. The summed E-state index contributed by atoms with van der Waals surface area (Å²) in [4.78, 5) is 1.18. The molecule has 0 bridgehead atoms. The fraction of sp³-hybridized carbons (Fsp3) is 0.385. The number of rotatable bonds is 8. The summed E-state index contributed by atoms with van der Waals surface area (Å²) >= 11 is 4.83. The molecule has 1 aromatic rings. The molecule has 3 atom stereocenters. The van der Waals surface area contributed by atoms with Crippen molar-refractivity contribution in [3.63, 3.8) is 0 Å². The van der Waals surface area contributed by atoms with Crippen LogP contribution in [0.25, 0.3) is 0 Å². The van der Waals surface area contributed by atoms with Gasteiger partial charge in [0.2, 0.25) is 0 Å². The standard InChI is InChI=1S/C26H32S/c1-3-4-5-6-10-16-25(27)20-26(23-15-11-12-21(2)17-23)19-24(26)18-22-13-8-7-9-14-22/h4-11,13-15,17,20-21,24,27H,3,12,16,18-19H2,1-2H3/b5-4-,10-6-,25-20-. The Morgan fingerprint density at radius 2 is 1.96 bits per heavy atom. The van der Waals surface area contributed by atoms with Crippen LogP contribution >= 0.6 is 12.6 Å². The summed E-state index contributed by atoms with van der Waals surface area (Å²) in [5.41, 5.74) is 3.12. The number of benzene rings is 1. The van der Waals surface area contributed by atoms with Gasteiger partial charge >= 0.3 is 0 Å². The van der Waals surface area contributed by atoms with Gasteiger partial charge in [0.15, 0.2) is 0 Å². The Hall–Kier alpha value is -1.73. The van der Waals surface area contributed by atoms with E-state index < -0.39 is 0 Å². The van der Waals surface area contributed by atoms with E-state index in [1.54, 1.807) is 0 Å². The van der Waals surface area contributed by atoms with Gasteiger partial charge in [-0.1, -0.05) is 92.8 Å². The van der Waals surface area contributed by atoms with Gasteiger partial charge in [0.05, 0.1) is 0 Å². The molecule has 0 spiro atoms. The fourth-order valence-electron chi connectivity index (χ4n) is 4.10. The van der Waals surface area contributed by atoms with Gasteiger partial charge in [-0.3, -0.25) is 0 Å². The first-order chi connectivity index (χ1) is 13.1. The minimum Gasteiger partial charge on any atom is -0.148 e. The first-order valence-corrected chi connectivity index (χ1v) is 10.7. The lowest BCUT2D eigenvalue weighted by atomic mass is 9.84. The van der Waals surface area contributed by atoms with E-state index in [-0.39, 0.29) is 5.41 Å². The predicted octanol–water partition coefficient (Wildman–Crippen LogP) is 7.48. The maximum absolute atomic E-state index is 4.83. The zero-order chi connectivity index (χ0) is 19.1. The van der Waals surface area contributed by atoms with Gasteiger partial charge in [0, 0.05) is 5.41 Å². The summed E-state index contributed by atoms with van der Waals surface area (Å²) in [6.07, 6.45) is 23.8. The number of thiol groups is 1. The van der Waals surface area contributed by atoms with E-state index in [9.17, 15) is 0 Å². The molecule has 0 aromatic heterocycles. The molecular formula is C26H32S. The van der Waals surface area contributed by atoms with Crippen LogP contribution in [-0.4, -0.2) is 0 Å². The highest BCUT2D eigenvalue weighted by Gasteiger charge is 2.54. The molecule has 142 valence electrons. The van der Waals surface area contributed by atoms with Gasteiger partial charge in [0.25, 0.3) is 0 Å². The lowest BCUT2D eigenvalue weighted by Gasteiger charge is -2.21. The van der Waals surface area contributed by atoms with Crippen LogP contribution in [0.4, 0.5) is 0 Å². The zero-order valence-corrected chi connectivity index (χ0v) is 17.5. The van der Waals surface area contributed by atoms with Crippen molar-refractivity contribution in [2.75, 3.05) is 0 Å². The Balaban J connectivity index is 1.77. The summed E-state index contributed by atoms with van der Waals surface area (Å²) in [5.74, 6) is 1.31. The maximum Gasteiger partial charge on any atom is 0.0174 e. The Kier molecular flexibility index (Phi) is 7.01. The first-order valence-electron chi connectivity index (χ1n) is 10.3. The monoisotopic (exact) mass is 376 g/mol. The van der Waals surface area contributed by atoms with Gasteiger partial charge in [-0.2, -0.15) is 0 Å². The van der Waals surface area contributed by atoms with Crippen LogP contribution < -0.4 is 0 Å². The van der Waals surface area contributed by atoms with E-state index in [4.69, 9.17) is 12.6 Å². The first kappa shape index (κ1) is 20.0. The van der Waals surface area contributed by atoms with Crippen molar-refractivity contribution in [2.24, 2.45) is 17.3 Å². The molecule has 2 aliphatic rings. The van der Waals surface area contributed by atoms with E-state index in [1.165, 1.54) is 22.5 Å². The summed E-state index contributed by atoms with van der Waals surface area (Å²) < 4.78 is 0. The molecule has 1 aromatic carbocycles. The van der Waals surface area contributed by atoms with E-state index in [2.05, 4.69) is 92.8 Å². The van der Waals surface area contributed by atoms with Gasteiger partial charge < -0.3 is 0 Å². The minimum atomic E-state index is 0.172. The number of allylic oxidation sites excluding steroid dienone is 10. The third-order valence-corrected chi connectivity index (χ3v) is 5.97. The highest BCUT2D eigenvalue weighted by molar-refractivity contribution is 7.84. The van der Waals surface area contributed by atoms with E-state index in [0.29, 0.717) is 11.8 Å². The van der Waals surface area contributed by atoms with Crippen molar-refractivity contribution in [3.8, 4) is 0 Å². The second-order valence-electron chi connectivity index (χ2n) is 7.97. The third-order valence-electron chi connectivity index (χ3n) is 5.65. The van der Waals surface area contributed by atoms with Gasteiger partial charge in [-0.25, -0.2) is 0 Å². The summed E-state index contributed by atoms with van der Waals surface area (Å²) in [7, 11) is 0. The minimum absolute atomic E-state index is 0.172. The van der Waals surface area contributed by atoms with Crippen LogP contribution in [0, 0.1) is 17.3 Å². The Morgan fingerprint density at radius 1 is 1.19 bits per heavy atom. The van der Waals surface area contributed by atoms with Gasteiger partial charge in [-0.15, -0.1) is 12.6 Å². The van der Waals surface area contributed by atoms with Crippen molar-refractivity contribution in [1.29, 1.82) is 0 Å². The second kappa shape index (κ2) is 9.46. The third kappa shape index (κ3) is 5.39. The molecule has 0 amide bonds. The topological polar surface area (TPSA) is 0 Å². The second-order valence-corrected chi connectivity index (χ2v) is 8.55. The normalized spacial score (nSPS) is 28.1.